The molecule has 9 heteroatoms. The first-order valence-corrected chi connectivity index (χ1v) is 9.47. The van der Waals surface area contributed by atoms with Gasteiger partial charge in [0.2, 0.25) is 0 Å². The van der Waals surface area contributed by atoms with Crippen LogP contribution in [0.5, 0.6) is 5.75 Å². The number of sulfonamides is 1. The van der Waals surface area contributed by atoms with Gasteiger partial charge in [-0.2, -0.15) is 0 Å². The molecule has 7 nitrogen and oxygen atoms in total. The number of methoxy groups -OCH3 is 2. The van der Waals surface area contributed by atoms with Gasteiger partial charge in [-0.1, -0.05) is 17.7 Å². The number of rotatable bonds is 8. The molecule has 0 aliphatic carbocycles. The third kappa shape index (κ3) is 5.10. The van der Waals surface area contributed by atoms with E-state index in [0.717, 1.165) is 0 Å². The van der Waals surface area contributed by atoms with E-state index in [1.165, 1.54) is 50.6 Å². The Balaban J connectivity index is 2.19. The summed E-state index contributed by atoms with van der Waals surface area (Å²) in [6, 6.07) is 10.3. The van der Waals surface area contributed by atoms with Gasteiger partial charge in [0.15, 0.2) is 0 Å². The van der Waals surface area contributed by atoms with Gasteiger partial charge in [0.05, 0.1) is 29.3 Å². The quantitative estimate of drug-likeness (QED) is 0.666. The largest absolute Gasteiger partial charge is 0.495 e. The molecule has 140 valence electrons. The summed E-state index contributed by atoms with van der Waals surface area (Å²) in [6.07, 6.45) is 0. The number of ether oxygens (including phenoxy) is 2. The van der Waals surface area contributed by atoms with Gasteiger partial charge in [-0.25, -0.2) is 8.42 Å². The average molecular weight is 399 g/mol. The SMILES string of the molecule is COCCNC(=O)c1cccc(S(=O)(=O)Nc2ccc(OC)c(Cl)c2)c1. The lowest BCUT2D eigenvalue weighted by molar-refractivity contribution is 0.0937. The Hall–Kier alpha value is -2.29. The molecule has 0 aliphatic rings. The topological polar surface area (TPSA) is 93.7 Å². The summed E-state index contributed by atoms with van der Waals surface area (Å²) in [5, 5.41) is 2.91. The molecule has 0 aliphatic heterocycles. The van der Waals surface area contributed by atoms with Crippen molar-refractivity contribution in [2.45, 2.75) is 4.90 Å². The van der Waals surface area contributed by atoms with E-state index in [1.807, 2.05) is 0 Å². The highest BCUT2D eigenvalue weighted by Crippen LogP contribution is 2.28. The number of hydrogen-bond donors (Lipinski definition) is 2. The summed E-state index contributed by atoms with van der Waals surface area (Å²) < 4.78 is 37.4. The van der Waals surface area contributed by atoms with Crippen LogP contribution in [-0.2, 0) is 14.8 Å². The fourth-order valence-electron chi connectivity index (χ4n) is 2.12. The Morgan fingerprint density at radius 1 is 1.15 bits per heavy atom. The maximum atomic E-state index is 12.6. The number of carbonyl (C=O) groups is 1. The number of benzene rings is 2. The van der Waals surface area contributed by atoms with Gasteiger partial charge in [-0.15, -0.1) is 0 Å². The Morgan fingerprint density at radius 3 is 2.58 bits per heavy atom. The lowest BCUT2D eigenvalue weighted by Crippen LogP contribution is -2.27. The molecule has 0 fully saturated rings. The molecule has 2 aromatic rings. The Kier molecular flexibility index (Phi) is 6.84. The second-order valence-corrected chi connectivity index (χ2v) is 7.32. The number of nitrogens with one attached hydrogen (secondary N) is 2. The van der Waals surface area contributed by atoms with Gasteiger partial charge >= 0.3 is 0 Å². The average Bonchev–Trinajstić information content (AvgIpc) is 2.62. The minimum Gasteiger partial charge on any atom is -0.495 e. The molecule has 2 rings (SSSR count). The van der Waals surface area contributed by atoms with Gasteiger partial charge in [0, 0.05) is 19.2 Å². The Morgan fingerprint density at radius 2 is 1.92 bits per heavy atom. The molecule has 26 heavy (non-hydrogen) atoms. The molecule has 0 radical (unpaired) electrons. The number of halogens is 1. The number of anilines is 1. The van der Waals surface area contributed by atoms with Crippen molar-refractivity contribution in [3.05, 3.63) is 53.1 Å². The zero-order chi connectivity index (χ0) is 19.2. The van der Waals surface area contributed by atoms with Gasteiger partial charge in [-0.05, 0) is 36.4 Å². The van der Waals surface area contributed by atoms with Gasteiger partial charge in [-0.3, -0.25) is 9.52 Å². The van der Waals surface area contributed by atoms with Gasteiger partial charge in [0.1, 0.15) is 5.75 Å². The predicted octanol–water partition coefficient (Wildman–Crippen LogP) is 2.53. The first-order valence-electron chi connectivity index (χ1n) is 7.61. The van der Waals surface area contributed by atoms with Crippen LogP contribution < -0.4 is 14.8 Å². The van der Waals surface area contributed by atoms with E-state index < -0.39 is 10.0 Å². The van der Waals surface area contributed by atoms with Crippen molar-refractivity contribution in [1.29, 1.82) is 0 Å². The zero-order valence-electron chi connectivity index (χ0n) is 14.3. The van der Waals surface area contributed by atoms with E-state index in [0.29, 0.717) is 18.9 Å². The first kappa shape index (κ1) is 20.0. The minimum absolute atomic E-state index is 0.0381. The van der Waals surface area contributed by atoms with Crippen LogP contribution in [0, 0.1) is 0 Å². The van der Waals surface area contributed by atoms with Crippen LogP contribution in [0.1, 0.15) is 10.4 Å². The minimum atomic E-state index is -3.88. The second-order valence-electron chi connectivity index (χ2n) is 5.23. The van der Waals surface area contributed by atoms with Crippen molar-refractivity contribution in [2.75, 3.05) is 32.1 Å². The molecule has 1 amide bonds. The monoisotopic (exact) mass is 398 g/mol. The molecule has 0 saturated heterocycles. The predicted molar refractivity (Wildman–Crippen MR) is 99.5 cm³/mol. The standard InChI is InChI=1S/C17H19ClN2O5S/c1-24-9-8-19-17(21)12-4-3-5-14(10-12)26(22,23)20-13-6-7-16(25-2)15(18)11-13/h3-7,10-11,20H,8-9H2,1-2H3,(H,19,21). The lowest BCUT2D eigenvalue weighted by atomic mass is 10.2. The van der Waals surface area contributed by atoms with Crippen LogP contribution in [-0.4, -0.2) is 41.7 Å². The van der Waals surface area contributed by atoms with Crippen LogP contribution in [0.2, 0.25) is 5.02 Å². The van der Waals surface area contributed by atoms with Crippen molar-refractivity contribution < 1.29 is 22.7 Å². The molecular formula is C17H19ClN2O5S. The second kappa shape index (κ2) is 8.88. The normalized spacial score (nSPS) is 11.0. The summed E-state index contributed by atoms with van der Waals surface area (Å²) in [6.45, 7) is 0.693. The summed E-state index contributed by atoms with van der Waals surface area (Å²) in [5.74, 6) is 0.0518. The molecule has 0 saturated carbocycles. The first-order chi connectivity index (χ1) is 12.4. The van der Waals surface area contributed by atoms with E-state index in [-0.39, 0.29) is 27.1 Å². The molecule has 0 heterocycles. The molecule has 0 aromatic heterocycles. The van der Waals surface area contributed by atoms with Crippen LogP contribution in [0.15, 0.2) is 47.4 Å². The van der Waals surface area contributed by atoms with Crippen molar-refractivity contribution >= 4 is 33.2 Å². The van der Waals surface area contributed by atoms with Gasteiger partial charge in [0.25, 0.3) is 15.9 Å². The van der Waals surface area contributed by atoms with Crippen LogP contribution in [0.3, 0.4) is 0 Å². The molecule has 0 atom stereocenters. The molecule has 2 N–H and O–H groups in total. The number of carbonyl (C=O) groups excluding carboxylic acids is 1. The molecule has 0 unspecified atom stereocenters. The Bertz CT molecular complexity index is 886. The fourth-order valence-corrected chi connectivity index (χ4v) is 3.47. The summed E-state index contributed by atoms with van der Waals surface area (Å²) in [4.78, 5) is 12.0. The fraction of sp³-hybridized carbons (Fsp3) is 0.235. The van der Waals surface area contributed by atoms with Crippen molar-refractivity contribution in [1.82, 2.24) is 5.32 Å². The van der Waals surface area contributed by atoms with E-state index >= 15 is 0 Å². The van der Waals surface area contributed by atoms with Crippen molar-refractivity contribution in [3.63, 3.8) is 0 Å². The third-order valence-electron chi connectivity index (χ3n) is 3.40. The maximum Gasteiger partial charge on any atom is 0.261 e. The van der Waals surface area contributed by atoms with Crippen LogP contribution in [0.4, 0.5) is 5.69 Å². The Labute approximate surface area is 157 Å². The van der Waals surface area contributed by atoms with E-state index in [9.17, 15) is 13.2 Å². The van der Waals surface area contributed by atoms with Crippen LogP contribution in [0.25, 0.3) is 0 Å². The highest BCUT2D eigenvalue weighted by atomic mass is 35.5. The third-order valence-corrected chi connectivity index (χ3v) is 5.08. The van der Waals surface area contributed by atoms with E-state index in [1.54, 1.807) is 6.07 Å². The van der Waals surface area contributed by atoms with Crippen LogP contribution >= 0.6 is 11.6 Å². The molecule has 0 spiro atoms. The smallest absolute Gasteiger partial charge is 0.261 e. The number of hydrogen-bond acceptors (Lipinski definition) is 5. The van der Waals surface area contributed by atoms with Crippen molar-refractivity contribution in [2.24, 2.45) is 0 Å². The molecule has 0 bridgehead atoms. The summed E-state index contributed by atoms with van der Waals surface area (Å²) in [7, 11) is -0.894. The molecular weight excluding hydrogens is 380 g/mol. The number of amides is 1. The summed E-state index contributed by atoms with van der Waals surface area (Å²) in [5.41, 5.74) is 0.516. The van der Waals surface area contributed by atoms with E-state index in [4.69, 9.17) is 21.1 Å². The molecule has 2 aromatic carbocycles. The highest BCUT2D eigenvalue weighted by molar-refractivity contribution is 7.92. The van der Waals surface area contributed by atoms with Crippen molar-refractivity contribution in [3.8, 4) is 5.75 Å². The lowest BCUT2D eigenvalue weighted by Gasteiger charge is -2.11. The maximum absolute atomic E-state index is 12.6. The summed E-state index contributed by atoms with van der Waals surface area (Å²) >= 11 is 6.01. The van der Waals surface area contributed by atoms with E-state index in [2.05, 4.69) is 10.0 Å². The highest BCUT2D eigenvalue weighted by Gasteiger charge is 2.17. The van der Waals surface area contributed by atoms with Gasteiger partial charge < -0.3 is 14.8 Å². The zero-order valence-corrected chi connectivity index (χ0v) is 15.9.